The number of Topliss-reactive ketones (excluding diaryl/α,β-unsaturated/α-hetero) is 1. The topological polar surface area (TPSA) is 47.8 Å². The predicted octanol–water partition coefficient (Wildman–Crippen LogP) is 3.03. The van der Waals surface area contributed by atoms with Gasteiger partial charge >= 0.3 is 0 Å². The molecule has 0 bridgehead atoms. The molecular weight excluding hydrogens is 261 g/mol. The lowest BCUT2D eigenvalue weighted by Gasteiger charge is -2.11. The van der Waals surface area contributed by atoms with Crippen LogP contribution in [0.25, 0.3) is 0 Å². The van der Waals surface area contributed by atoms with Crippen LogP contribution in [-0.4, -0.2) is 20.5 Å². The van der Waals surface area contributed by atoms with Gasteiger partial charge in [0.15, 0.2) is 5.78 Å². The summed E-state index contributed by atoms with van der Waals surface area (Å²) in [7, 11) is 0. The first-order chi connectivity index (χ1) is 8.09. The fourth-order valence-corrected chi connectivity index (χ4v) is 1.95. The number of hydrogen-bond donors (Lipinski definition) is 0. The Balaban J connectivity index is 2.31. The van der Waals surface area contributed by atoms with Crippen LogP contribution in [0.1, 0.15) is 23.3 Å². The Morgan fingerprint density at radius 3 is 2.76 bits per heavy atom. The van der Waals surface area contributed by atoms with E-state index in [-0.39, 0.29) is 5.78 Å². The quantitative estimate of drug-likeness (QED) is 0.805. The summed E-state index contributed by atoms with van der Waals surface area (Å²) < 4.78 is 1.48. The van der Waals surface area contributed by atoms with Crippen molar-refractivity contribution in [3.63, 3.8) is 0 Å². The van der Waals surface area contributed by atoms with E-state index in [1.54, 1.807) is 25.1 Å². The predicted molar refractivity (Wildman–Crippen MR) is 65.5 cm³/mol. The van der Waals surface area contributed by atoms with E-state index >= 15 is 0 Å². The second-order valence-corrected chi connectivity index (χ2v) is 4.38. The molecule has 0 saturated heterocycles. The molecule has 0 N–H and O–H groups in total. The lowest BCUT2D eigenvalue weighted by atomic mass is 10.1. The molecule has 0 aliphatic carbocycles. The fourth-order valence-electron chi connectivity index (χ4n) is 1.45. The Morgan fingerprint density at radius 1 is 1.41 bits per heavy atom. The second kappa shape index (κ2) is 4.85. The molecule has 2 aromatic rings. The minimum Gasteiger partial charge on any atom is -0.292 e. The summed E-state index contributed by atoms with van der Waals surface area (Å²) in [6.07, 6.45) is 2.87. The summed E-state index contributed by atoms with van der Waals surface area (Å²) in [5, 5.41) is 4.77. The highest BCUT2D eigenvalue weighted by Crippen LogP contribution is 2.24. The Labute approximate surface area is 108 Å². The highest BCUT2D eigenvalue weighted by atomic mass is 35.5. The van der Waals surface area contributed by atoms with Gasteiger partial charge in [0.05, 0.1) is 5.02 Å². The Kier molecular flexibility index (Phi) is 3.45. The zero-order valence-corrected chi connectivity index (χ0v) is 10.5. The first kappa shape index (κ1) is 12.1. The number of benzene rings is 1. The highest BCUT2D eigenvalue weighted by Gasteiger charge is 2.19. The average Bonchev–Trinajstić information content (AvgIpc) is 2.80. The first-order valence-corrected chi connectivity index (χ1v) is 5.68. The second-order valence-electron chi connectivity index (χ2n) is 3.54. The molecule has 0 saturated carbocycles. The van der Waals surface area contributed by atoms with E-state index < -0.39 is 6.04 Å². The van der Waals surface area contributed by atoms with Gasteiger partial charge in [0.25, 0.3) is 0 Å². The number of rotatable bonds is 3. The monoisotopic (exact) mass is 269 g/mol. The molecule has 0 radical (unpaired) electrons. The first-order valence-electron chi connectivity index (χ1n) is 4.93. The van der Waals surface area contributed by atoms with Crippen molar-refractivity contribution in [1.82, 2.24) is 14.8 Å². The van der Waals surface area contributed by atoms with E-state index in [0.717, 1.165) is 0 Å². The van der Waals surface area contributed by atoms with Crippen LogP contribution in [0.3, 0.4) is 0 Å². The van der Waals surface area contributed by atoms with Crippen molar-refractivity contribution in [3.8, 4) is 0 Å². The van der Waals surface area contributed by atoms with Crippen molar-refractivity contribution in [3.05, 3.63) is 46.5 Å². The minimum atomic E-state index is -0.448. The molecule has 1 heterocycles. The number of carbonyl (C=O) groups excluding carboxylic acids is 1. The van der Waals surface area contributed by atoms with Crippen molar-refractivity contribution >= 4 is 29.0 Å². The van der Waals surface area contributed by atoms with E-state index in [1.807, 2.05) is 0 Å². The number of nitrogens with zero attached hydrogens (tertiary/aromatic N) is 3. The average molecular weight is 270 g/mol. The van der Waals surface area contributed by atoms with Crippen molar-refractivity contribution in [2.45, 2.75) is 13.0 Å². The van der Waals surface area contributed by atoms with Crippen molar-refractivity contribution in [2.75, 3.05) is 0 Å². The standard InChI is InChI=1S/C11H9Cl2N3O/c1-7(16-6-14-5-15-16)11(17)9-3-2-8(12)4-10(9)13/h2-7H,1H3/t7-/m1/s1. The molecule has 4 nitrogen and oxygen atoms in total. The highest BCUT2D eigenvalue weighted by molar-refractivity contribution is 6.36. The van der Waals surface area contributed by atoms with E-state index in [2.05, 4.69) is 10.1 Å². The molecular formula is C11H9Cl2N3O. The summed E-state index contributed by atoms with van der Waals surface area (Å²) in [6, 6.07) is 4.34. The zero-order chi connectivity index (χ0) is 12.4. The van der Waals surface area contributed by atoms with Gasteiger partial charge in [-0.05, 0) is 25.1 Å². The molecule has 0 aliphatic heterocycles. The molecule has 0 unspecified atom stereocenters. The Morgan fingerprint density at radius 2 is 2.18 bits per heavy atom. The maximum atomic E-state index is 12.2. The van der Waals surface area contributed by atoms with Crippen LogP contribution < -0.4 is 0 Å². The molecule has 17 heavy (non-hydrogen) atoms. The van der Waals surface area contributed by atoms with E-state index in [9.17, 15) is 4.79 Å². The van der Waals surface area contributed by atoms with E-state index in [4.69, 9.17) is 23.2 Å². The zero-order valence-electron chi connectivity index (χ0n) is 8.97. The van der Waals surface area contributed by atoms with Crippen LogP contribution in [-0.2, 0) is 0 Å². The van der Waals surface area contributed by atoms with Crippen molar-refractivity contribution in [2.24, 2.45) is 0 Å². The lowest BCUT2D eigenvalue weighted by Crippen LogP contribution is -2.17. The normalized spacial score (nSPS) is 12.4. The van der Waals surface area contributed by atoms with E-state index in [0.29, 0.717) is 15.6 Å². The summed E-state index contributed by atoms with van der Waals surface area (Å²) >= 11 is 11.8. The van der Waals surface area contributed by atoms with Crippen LogP contribution in [0.4, 0.5) is 0 Å². The third kappa shape index (κ3) is 2.48. The van der Waals surface area contributed by atoms with Gasteiger partial charge in [-0.25, -0.2) is 9.67 Å². The van der Waals surface area contributed by atoms with Crippen LogP contribution in [0, 0.1) is 0 Å². The number of halogens is 2. The van der Waals surface area contributed by atoms with Crippen molar-refractivity contribution in [1.29, 1.82) is 0 Å². The summed E-state index contributed by atoms with van der Waals surface area (Å²) in [4.78, 5) is 16.0. The van der Waals surface area contributed by atoms with Gasteiger partial charge in [0.2, 0.25) is 0 Å². The molecule has 1 atom stereocenters. The van der Waals surface area contributed by atoms with E-state index in [1.165, 1.54) is 17.3 Å². The summed E-state index contributed by atoms with van der Waals surface area (Å²) in [6.45, 7) is 1.74. The lowest BCUT2D eigenvalue weighted by molar-refractivity contribution is 0.0928. The molecule has 1 aromatic carbocycles. The maximum Gasteiger partial charge on any atom is 0.188 e. The third-order valence-corrected chi connectivity index (χ3v) is 2.96. The van der Waals surface area contributed by atoms with Crippen LogP contribution in [0.2, 0.25) is 10.0 Å². The third-order valence-electron chi connectivity index (χ3n) is 2.41. The number of ketones is 1. The molecule has 6 heteroatoms. The minimum absolute atomic E-state index is 0.128. The van der Waals surface area contributed by atoms with Gasteiger partial charge in [0, 0.05) is 10.6 Å². The van der Waals surface area contributed by atoms with Crippen LogP contribution in [0.15, 0.2) is 30.9 Å². The molecule has 1 aromatic heterocycles. The van der Waals surface area contributed by atoms with Gasteiger partial charge in [-0.1, -0.05) is 23.2 Å². The van der Waals surface area contributed by atoms with Gasteiger partial charge < -0.3 is 0 Å². The molecule has 2 rings (SSSR count). The summed E-state index contributed by atoms with van der Waals surface area (Å²) in [5.74, 6) is -0.128. The smallest absolute Gasteiger partial charge is 0.188 e. The molecule has 88 valence electrons. The molecule has 0 amide bonds. The fraction of sp³-hybridized carbons (Fsp3) is 0.182. The van der Waals surface area contributed by atoms with Crippen molar-refractivity contribution < 1.29 is 4.79 Å². The molecule has 0 spiro atoms. The van der Waals surface area contributed by atoms with Gasteiger partial charge in [-0.15, -0.1) is 0 Å². The van der Waals surface area contributed by atoms with Gasteiger partial charge in [-0.2, -0.15) is 5.10 Å². The maximum absolute atomic E-state index is 12.2. The largest absolute Gasteiger partial charge is 0.292 e. The SMILES string of the molecule is C[C@H](C(=O)c1ccc(Cl)cc1Cl)n1cncn1. The number of aromatic nitrogens is 3. The molecule has 0 aliphatic rings. The Hall–Kier alpha value is -1.39. The number of hydrogen-bond acceptors (Lipinski definition) is 3. The number of carbonyl (C=O) groups is 1. The Bertz CT molecular complexity index is 540. The molecule has 0 fully saturated rings. The van der Waals surface area contributed by atoms with Gasteiger partial charge in [0.1, 0.15) is 18.7 Å². The van der Waals surface area contributed by atoms with Crippen LogP contribution in [0.5, 0.6) is 0 Å². The van der Waals surface area contributed by atoms with Gasteiger partial charge in [-0.3, -0.25) is 4.79 Å². The van der Waals surface area contributed by atoms with Crippen LogP contribution >= 0.6 is 23.2 Å². The summed E-state index contributed by atoms with van der Waals surface area (Å²) in [5.41, 5.74) is 0.430.